The summed E-state index contributed by atoms with van der Waals surface area (Å²) in [6.45, 7) is 8.01. The Labute approximate surface area is 136 Å². The molecule has 0 atom stereocenters. The third-order valence-electron chi connectivity index (χ3n) is 2.89. The van der Waals surface area contributed by atoms with Crippen molar-refractivity contribution in [3.05, 3.63) is 27.9 Å². The SMILES string of the molecule is Cc1cc([N+](=O)[O-])cnc1N(CCN(C)C)C(=O)OC(C)(C)C. The van der Waals surface area contributed by atoms with E-state index in [1.54, 1.807) is 27.7 Å². The Morgan fingerprint density at radius 1 is 1.35 bits per heavy atom. The fourth-order valence-corrected chi connectivity index (χ4v) is 1.84. The Hall–Kier alpha value is -2.22. The third-order valence-corrected chi connectivity index (χ3v) is 2.89. The molecule has 8 nitrogen and oxygen atoms in total. The molecule has 0 fully saturated rings. The van der Waals surface area contributed by atoms with Crippen LogP contribution in [0.1, 0.15) is 26.3 Å². The van der Waals surface area contributed by atoms with Gasteiger partial charge in [0.25, 0.3) is 5.69 Å². The van der Waals surface area contributed by atoms with E-state index in [0.717, 1.165) is 6.20 Å². The Kier molecular flexibility index (Phi) is 6.03. The molecule has 0 radical (unpaired) electrons. The molecule has 0 bridgehead atoms. The predicted molar refractivity (Wildman–Crippen MR) is 87.8 cm³/mol. The van der Waals surface area contributed by atoms with Crippen LogP contribution in [-0.4, -0.2) is 53.7 Å². The molecule has 1 aromatic heterocycles. The quantitative estimate of drug-likeness (QED) is 0.611. The van der Waals surface area contributed by atoms with Gasteiger partial charge in [0.05, 0.1) is 4.92 Å². The van der Waals surface area contributed by atoms with Gasteiger partial charge in [-0.1, -0.05) is 0 Å². The standard InChI is InChI=1S/C15H24N4O4/c1-11-9-12(19(21)22)10-16-13(11)18(8-7-17(5)6)14(20)23-15(2,3)4/h9-10H,7-8H2,1-6H3. The summed E-state index contributed by atoms with van der Waals surface area (Å²) in [6.07, 6.45) is 0.624. The van der Waals surface area contributed by atoms with Crippen molar-refractivity contribution in [3.63, 3.8) is 0 Å². The molecule has 1 amide bonds. The van der Waals surface area contributed by atoms with Gasteiger partial charge in [-0.2, -0.15) is 0 Å². The van der Waals surface area contributed by atoms with Gasteiger partial charge in [0.15, 0.2) is 0 Å². The van der Waals surface area contributed by atoms with Crippen LogP contribution in [0.25, 0.3) is 0 Å². The molecule has 23 heavy (non-hydrogen) atoms. The second-order valence-electron chi connectivity index (χ2n) is 6.53. The number of carbonyl (C=O) groups is 1. The summed E-state index contributed by atoms with van der Waals surface area (Å²) in [5.74, 6) is 0.367. The molecule has 1 aromatic rings. The highest BCUT2D eigenvalue weighted by atomic mass is 16.6. The number of aryl methyl sites for hydroxylation is 1. The molecule has 0 saturated heterocycles. The maximum Gasteiger partial charge on any atom is 0.416 e. The first-order valence-corrected chi connectivity index (χ1v) is 7.27. The van der Waals surface area contributed by atoms with E-state index in [0.29, 0.717) is 24.5 Å². The number of ether oxygens (including phenoxy) is 1. The zero-order valence-corrected chi connectivity index (χ0v) is 14.5. The van der Waals surface area contributed by atoms with E-state index in [2.05, 4.69) is 4.98 Å². The molecule has 8 heteroatoms. The van der Waals surface area contributed by atoms with Crippen LogP contribution in [0.5, 0.6) is 0 Å². The second kappa shape index (κ2) is 7.36. The van der Waals surface area contributed by atoms with E-state index < -0.39 is 16.6 Å². The highest BCUT2D eigenvalue weighted by Gasteiger charge is 2.26. The Morgan fingerprint density at radius 3 is 2.39 bits per heavy atom. The minimum absolute atomic E-state index is 0.108. The largest absolute Gasteiger partial charge is 0.443 e. The van der Waals surface area contributed by atoms with Crippen LogP contribution in [0.2, 0.25) is 0 Å². The number of likely N-dealkylation sites (N-methyl/N-ethyl adjacent to an activating group) is 1. The summed E-state index contributed by atoms with van der Waals surface area (Å²) >= 11 is 0. The maximum atomic E-state index is 12.5. The van der Waals surface area contributed by atoms with Crippen molar-refractivity contribution in [2.75, 3.05) is 32.1 Å². The number of carbonyl (C=O) groups excluding carboxylic acids is 1. The van der Waals surface area contributed by atoms with Crippen molar-refractivity contribution in [2.45, 2.75) is 33.3 Å². The van der Waals surface area contributed by atoms with Gasteiger partial charge in [-0.25, -0.2) is 9.78 Å². The second-order valence-corrected chi connectivity index (χ2v) is 6.53. The lowest BCUT2D eigenvalue weighted by atomic mass is 10.2. The van der Waals surface area contributed by atoms with E-state index in [4.69, 9.17) is 4.74 Å². The fraction of sp³-hybridized carbons (Fsp3) is 0.600. The smallest absolute Gasteiger partial charge is 0.416 e. The molecule has 0 aliphatic rings. The molecule has 0 unspecified atom stereocenters. The zero-order chi connectivity index (χ0) is 17.8. The minimum atomic E-state index is -0.637. The van der Waals surface area contributed by atoms with Crippen molar-refractivity contribution in [1.82, 2.24) is 9.88 Å². The predicted octanol–water partition coefficient (Wildman–Crippen LogP) is 2.60. The van der Waals surface area contributed by atoms with Crippen molar-refractivity contribution >= 4 is 17.6 Å². The molecular formula is C15H24N4O4. The lowest BCUT2D eigenvalue weighted by molar-refractivity contribution is -0.385. The normalized spacial score (nSPS) is 11.4. The van der Waals surface area contributed by atoms with Crippen LogP contribution in [-0.2, 0) is 4.74 Å². The topological polar surface area (TPSA) is 88.8 Å². The van der Waals surface area contributed by atoms with E-state index in [1.165, 1.54) is 11.0 Å². The summed E-state index contributed by atoms with van der Waals surface area (Å²) in [5, 5.41) is 10.8. The van der Waals surface area contributed by atoms with E-state index in [-0.39, 0.29) is 5.69 Å². The molecule has 0 spiro atoms. The monoisotopic (exact) mass is 324 g/mol. The number of nitro groups is 1. The molecule has 0 aliphatic carbocycles. The van der Waals surface area contributed by atoms with Crippen LogP contribution in [0.4, 0.5) is 16.3 Å². The lowest BCUT2D eigenvalue weighted by Gasteiger charge is -2.28. The summed E-state index contributed by atoms with van der Waals surface area (Å²) in [7, 11) is 3.78. The minimum Gasteiger partial charge on any atom is -0.443 e. The average Bonchev–Trinajstić information content (AvgIpc) is 2.37. The first-order chi connectivity index (χ1) is 10.5. The lowest BCUT2D eigenvalue weighted by Crippen LogP contribution is -2.41. The van der Waals surface area contributed by atoms with Gasteiger partial charge in [0.2, 0.25) is 0 Å². The summed E-state index contributed by atoms with van der Waals surface area (Å²) in [5.41, 5.74) is -0.200. The van der Waals surface area contributed by atoms with Crippen molar-refractivity contribution in [3.8, 4) is 0 Å². The maximum absolute atomic E-state index is 12.5. The average molecular weight is 324 g/mol. The molecule has 0 aromatic carbocycles. The Bertz CT molecular complexity index is 581. The van der Waals surface area contributed by atoms with Crippen LogP contribution < -0.4 is 4.90 Å². The highest BCUT2D eigenvalue weighted by molar-refractivity contribution is 5.87. The molecule has 0 aliphatic heterocycles. The van der Waals surface area contributed by atoms with Crippen molar-refractivity contribution in [1.29, 1.82) is 0 Å². The van der Waals surface area contributed by atoms with Crippen LogP contribution in [0.15, 0.2) is 12.3 Å². The van der Waals surface area contributed by atoms with Gasteiger partial charge in [-0.3, -0.25) is 15.0 Å². The molecule has 128 valence electrons. The Balaban J connectivity index is 3.13. The number of hydrogen-bond donors (Lipinski definition) is 0. The third kappa shape index (κ3) is 5.82. The van der Waals surface area contributed by atoms with Gasteiger partial charge >= 0.3 is 6.09 Å². The van der Waals surface area contributed by atoms with Crippen LogP contribution >= 0.6 is 0 Å². The van der Waals surface area contributed by atoms with Crippen LogP contribution in [0, 0.1) is 17.0 Å². The molecule has 0 saturated carbocycles. The summed E-state index contributed by atoms with van der Waals surface area (Å²) in [4.78, 5) is 30.2. The van der Waals surface area contributed by atoms with E-state index in [1.807, 2.05) is 19.0 Å². The van der Waals surface area contributed by atoms with Gasteiger partial charge in [0, 0.05) is 19.2 Å². The number of pyridine rings is 1. The number of amides is 1. The van der Waals surface area contributed by atoms with Crippen molar-refractivity contribution in [2.24, 2.45) is 0 Å². The molecule has 1 rings (SSSR count). The van der Waals surface area contributed by atoms with E-state index in [9.17, 15) is 14.9 Å². The fourth-order valence-electron chi connectivity index (χ4n) is 1.84. The Morgan fingerprint density at radius 2 is 1.96 bits per heavy atom. The molecule has 1 heterocycles. The molecular weight excluding hydrogens is 300 g/mol. The summed E-state index contributed by atoms with van der Waals surface area (Å²) in [6, 6.07) is 1.40. The van der Waals surface area contributed by atoms with Crippen molar-refractivity contribution < 1.29 is 14.5 Å². The molecule has 0 N–H and O–H groups in total. The first kappa shape index (κ1) is 18.8. The number of hydrogen-bond acceptors (Lipinski definition) is 6. The number of rotatable bonds is 5. The first-order valence-electron chi connectivity index (χ1n) is 7.27. The van der Waals surface area contributed by atoms with Gasteiger partial charge in [-0.05, 0) is 47.4 Å². The van der Waals surface area contributed by atoms with Crippen LogP contribution in [0.3, 0.4) is 0 Å². The zero-order valence-electron chi connectivity index (χ0n) is 14.5. The van der Waals surface area contributed by atoms with Gasteiger partial charge in [0.1, 0.15) is 17.6 Å². The number of anilines is 1. The summed E-state index contributed by atoms with van der Waals surface area (Å²) < 4.78 is 5.41. The van der Waals surface area contributed by atoms with E-state index >= 15 is 0 Å². The number of nitrogens with zero attached hydrogens (tertiary/aromatic N) is 4. The number of aromatic nitrogens is 1. The van der Waals surface area contributed by atoms with Gasteiger partial charge < -0.3 is 9.64 Å². The highest BCUT2D eigenvalue weighted by Crippen LogP contribution is 2.23. The van der Waals surface area contributed by atoms with Gasteiger partial charge in [-0.15, -0.1) is 0 Å².